The van der Waals surface area contributed by atoms with Gasteiger partial charge in [-0.15, -0.1) is 0 Å². The molecule has 0 fully saturated rings. The van der Waals surface area contributed by atoms with Crippen LogP contribution >= 0.6 is 12.2 Å². The van der Waals surface area contributed by atoms with Crippen LogP contribution in [0.15, 0.2) is 78.9 Å². The predicted molar refractivity (Wildman–Crippen MR) is 122 cm³/mol. The average molecular weight is 434 g/mol. The minimum atomic E-state index is -0.576. The number of carbonyl (C=O) groups excluding carboxylic acids is 2. The fourth-order valence-corrected chi connectivity index (χ4v) is 2.93. The van der Waals surface area contributed by atoms with Gasteiger partial charge in [0.05, 0.1) is 11.3 Å². The van der Waals surface area contributed by atoms with Crippen molar-refractivity contribution in [1.82, 2.24) is 5.32 Å². The van der Waals surface area contributed by atoms with E-state index >= 15 is 0 Å². The molecule has 31 heavy (non-hydrogen) atoms. The lowest BCUT2D eigenvalue weighted by Crippen LogP contribution is -2.34. The third kappa shape index (κ3) is 6.44. The van der Waals surface area contributed by atoms with Crippen molar-refractivity contribution in [3.63, 3.8) is 0 Å². The van der Waals surface area contributed by atoms with E-state index in [1.807, 2.05) is 30.3 Å². The Balaban J connectivity index is 1.52. The van der Waals surface area contributed by atoms with Crippen LogP contribution < -0.4 is 16.0 Å². The minimum Gasteiger partial charge on any atom is -0.332 e. The number of hydrogen-bond acceptors (Lipinski definition) is 5. The number of amides is 2. The maximum atomic E-state index is 12.2. The number of nitro groups is 1. The van der Waals surface area contributed by atoms with Crippen LogP contribution in [0.3, 0.4) is 0 Å². The quantitative estimate of drug-likeness (QED) is 0.308. The summed E-state index contributed by atoms with van der Waals surface area (Å²) in [4.78, 5) is 34.6. The maximum Gasteiger partial charge on any atom is 0.270 e. The summed E-state index contributed by atoms with van der Waals surface area (Å²) in [6.45, 7) is 0. The summed E-state index contributed by atoms with van der Waals surface area (Å²) in [5.74, 6) is -0.697. The second kappa shape index (κ2) is 10.1. The van der Waals surface area contributed by atoms with Crippen molar-refractivity contribution in [1.29, 1.82) is 0 Å². The van der Waals surface area contributed by atoms with Crippen molar-refractivity contribution in [2.45, 2.75) is 6.42 Å². The third-order valence-corrected chi connectivity index (χ3v) is 4.38. The van der Waals surface area contributed by atoms with Gasteiger partial charge in [-0.05, 0) is 48.1 Å². The molecule has 0 spiro atoms. The van der Waals surface area contributed by atoms with Gasteiger partial charge in [0.1, 0.15) is 0 Å². The van der Waals surface area contributed by atoms with Crippen LogP contribution in [-0.2, 0) is 11.2 Å². The van der Waals surface area contributed by atoms with E-state index < -0.39 is 10.8 Å². The molecule has 0 aliphatic rings. The molecule has 0 bridgehead atoms. The molecular weight excluding hydrogens is 416 g/mol. The lowest BCUT2D eigenvalue weighted by atomic mass is 10.1. The molecule has 0 radical (unpaired) electrons. The summed E-state index contributed by atoms with van der Waals surface area (Å²) >= 11 is 5.13. The Kier molecular flexibility index (Phi) is 7.02. The van der Waals surface area contributed by atoms with E-state index in [0.717, 1.165) is 5.56 Å². The van der Waals surface area contributed by atoms with Crippen molar-refractivity contribution < 1.29 is 14.5 Å². The highest BCUT2D eigenvalue weighted by atomic mass is 32.1. The molecule has 0 heterocycles. The fourth-order valence-electron chi connectivity index (χ4n) is 2.72. The number of rotatable bonds is 6. The van der Waals surface area contributed by atoms with Gasteiger partial charge in [-0.3, -0.25) is 25.0 Å². The number of thiocarbonyl (C=S) groups is 1. The number of benzene rings is 3. The van der Waals surface area contributed by atoms with E-state index in [0.29, 0.717) is 11.4 Å². The summed E-state index contributed by atoms with van der Waals surface area (Å²) in [6.07, 6.45) is 0.272. The van der Waals surface area contributed by atoms with Crippen molar-refractivity contribution in [2.24, 2.45) is 0 Å². The second-order valence-electron chi connectivity index (χ2n) is 6.50. The predicted octanol–water partition coefficient (Wildman–Crippen LogP) is 3.90. The van der Waals surface area contributed by atoms with Crippen LogP contribution in [-0.4, -0.2) is 21.9 Å². The Bertz CT molecular complexity index is 1120. The monoisotopic (exact) mass is 434 g/mol. The summed E-state index contributed by atoms with van der Waals surface area (Å²) < 4.78 is 0. The Labute approximate surface area is 183 Å². The van der Waals surface area contributed by atoms with Gasteiger partial charge in [-0.25, -0.2) is 0 Å². The first kappa shape index (κ1) is 21.6. The van der Waals surface area contributed by atoms with Gasteiger partial charge in [0.25, 0.3) is 11.6 Å². The third-order valence-electron chi connectivity index (χ3n) is 4.18. The fraction of sp³-hybridized carbons (Fsp3) is 0.0455. The smallest absolute Gasteiger partial charge is 0.270 e. The topological polar surface area (TPSA) is 113 Å². The van der Waals surface area contributed by atoms with E-state index in [1.54, 1.807) is 24.3 Å². The molecule has 3 aromatic carbocycles. The van der Waals surface area contributed by atoms with Crippen LogP contribution in [0.1, 0.15) is 15.9 Å². The van der Waals surface area contributed by atoms with Crippen molar-refractivity contribution in [3.05, 3.63) is 100 Å². The summed E-state index contributed by atoms with van der Waals surface area (Å²) in [7, 11) is 0. The van der Waals surface area contributed by atoms with Gasteiger partial charge in [0.2, 0.25) is 5.91 Å². The zero-order valence-corrected chi connectivity index (χ0v) is 17.0. The number of anilines is 2. The Morgan fingerprint density at radius 1 is 0.871 bits per heavy atom. The largest absolute Gasteiger partial charge is 0.332 e. The highest BCUT2D eigenvalue weighted by Crippen LogP contribution is 2.15. The van der Waals surface area contributed by atoms with Crippen molar-refractivity contribution in [2.75, 3.05) is 10.6 Å². The van der Waals surface area contributed by atoms with Gasteiger partial charge in [-0.1, -0.05) is 36.4 Å². The number of nitrogens with one attached hydrogen (secondary N) is 3. The number of non-ortho nitro benzene ring substituents is 1. The van der Waals surface area contributed by atoms with E-state index in [2.05, 4.69) is 16.0 Å². The molecule has 0 saturated carbocycles. The Morgan fingerprint density at radius 2 is 1.52 bits per heavy atom. The number of hydrogen-bond donors (Lipinski definition) is 3. The van der Waals surface area contributed by atoms with Gasteiger partial charge < -0.3 is 10.6 Å². The Hall–Kier alpha value is -4.11. The van der Waals surface area contributed by atoms with E-state index in [9.17, 15) is 19.7 Å². The molecule has 0 aliphatic carbocycles. The van der Waals surface area contributed by atoms with Gasteiger partial charge in [0, 0.05) is 29.1 Å². The first-order chi connectivity index (χ1) is 14.9. The number of nitrogens with zero attached hydrogens (tertiary/aromatic N) is 1. The molecule has 0 aliphatic heterocycles. The van der Waals surface area contributed by atoms with E-state index in [4.69, 9.17) is 12.2 Å². The second-order valence-corrected chi connectivity index (χ2v) is 6.91. The zero-order chi connectivity index (χ0) is 22.2. The lowest BCUT2D eigenvalue weighted by Gasteiger charge is -2.11. The Morgan fingerprint density at radius 3 is 2.16 bits per heavy atom. The molecule has 3 aromatic rings. The van der Waals surface area contributed by atoms with Crippen molar-refractivity contribution in [3.8, 4) is 0 Å². The molecule has 3 N–H and O–H groups in total. The zero-order valence-electron chi connectivity index (χ0n) is 16.2. The van der Waals surface area contributed by atoms with Gasteiger partial charge in [-0.2, -0.15) is 0 Å². The molecule has 9 heteroatoms. The normalized spacial score (nSPS) is 10.1. The van der Waals surface area contributed by atoms with Gasteiger partial charge in [0.15, 0.2) is 5.11 Å². The molecular formula is C22H18N4O4S. The SMILES string of the molecule is O=C(Cc1ccccc1)Nc1ccc(NC(=S)NC(=O)c2cccc([N+](=O)[O-])c2)cc1. The standard InChI is InChI=1S/C22H18N4O4S/c27-20(13-15-5-2-1-3-6-15)23-17-9-11-18(12-10-17)24-22(31)25-21(28)16-7-4-8-19(14-16)26(29)30/h1-12,14H,13H2,(H,23,27)(H2,24,25,28,31). The summed E-state index contributed by atoms with van der Waals surface area (Å²) in [5, 5.41) is 19.0. The van der Waals surface area contributed by atoms with Crippen LogP contribution in [0.25, 0.3) is 0 Å². The molecule has 0 aromatic heterocycles. The molecule has 0 atom stereocenters. The van der Waals surface area contributed by atoms with Crippen molar-refractivity contribution >= 4 is 46.2 Å². The maximum absolute atomic E-state index is 12.2. The summed E-state index contributed by atoms with van der Waals surface area (Å²) in [6, 6.07) is 21.6. The average Bonchev–Trinajstić information content (AvgIpc) is 2.75. The van der Waals surface area contributed by atoms with E-state index in [1.165, 1.54) is 24.3 Å². The van der Waals surface area contributed by atoms with Crippen LogP contribution in [0.4, 0.5) is 17.1 Å². The first-order valence-corrected chi connectivity index (χ1v) is 9.62. The molecule has 8 nitrogen and oxygen atoms in total. The minimum absolute atomic E-state index is 0.0392. The molecule has 0 saturated heterocycles. The van der Waals surface area contributed by atoms with Gasteiger partial charge >= 0.3 is 0 Å². The lowest BCUT2D eigenvalue weighted by molar-refractivity contribution is -0.384. The molecule has 2 amide bonds. The first-order valence-electron chi connectivity index (χ1n) is 9.21. The van der Waals surface area contributed by atoms with Crippen LogP contribution in [0.5, 0.6) is 0 Å². The molecule has 156 valence electrons. The number of nitro benzene ring substituents is 1. The molecule has 3 rings (SSSR count). The van der Waals surface area contributed by atoms with Crippen LogP contribution in [0.2, 0.25) is 0 Å². The molecule has 0 unspecified atom stereocenters. The van der Waals surface area contributed by atoms with E-state index in [-0.39, 0.29) is 28.7 Å². The summed E-state index contributed by atoms with van der Waals surface area (Å²) in [5.41, 5.74) is 2.08. The highest BCUT2D eigenvalue weighted by Gasteiger charge is 2.13. The van der Waals surface area contributed by atoms with Crippen LogP contribution in [0, 0.1) is 10.1 Å². The highest BCUT2D eigenvalue weighted by molar-refractivity contribution is 7.80. The number of carbonyl (C=O) groups is 2.